The predicted molar refractivity (Wildman–Crippen MR) is 148 cm³/mol. The summed E-state index contributed by atoms with van der Waals surface area (Å²) in [5, 5.41) is 11.8. The van der Waals surface area contributed by atoms with Crippen molar-refractivity contribution in [1.82, 2.24) is 4.90 Å². The first kappa shape index (κ1) is 27.9. The van der Waals surface area contributed by atoms with Gasteiger partial charge in [0.05, 0.1) is 49.6 Å². The van der Waals surface area contributed by atoms with Crippen LogP contribution in [0.4, 0.5) is 0 Å². The lowest BCUT2D eigenvalue weighted by molar-refractivity contribution is -0.140. The van der Waals surface area contributed by atoms with Crippen molar-refractivity contribution in [3.63, 3.8) is 0 Å². The van der Waals surface area contributed by atoms with Gasteiger partial charge in [-0.25, -0.2) is 0 Å². The number of methoxy groups -OCH3 is 3. The molecule has 1 amide bonds. The SMILES string of the molecule is COc1cccc(C2/C(=C(\O)c3cc(OC)c(Cl)cc3OC)C(=O)C(=O)N2Cc2ccc(OC(C)C)cc2)c1. The number of likely N-dealkylation sites (tertiary alicyclic amines) is 1. The van der Waals surface area contributed by atoms with Gasteiger partial charge in [0.25, 0.3) is 11.7 Å². The highest BCUT2D eigenvalue weighted by Gasteiger charge is 2.46. The van der Waals surface area contributed by atoms with Gasteiger partial charge in [0.2, 0.25) is 0 Å². The van der Waals surface area contributed by atoms with Crippen molar-refractivity contribution in [2.24, 2.45) is 0 Å². The van der Waals surface area contributed by atoms with Crippen LogP contribution in [-0.2, 0) is 16.1 Å². The summed E-state index contributed by atoms with van der Waals surface area (Å²) < 4.78 is 21.9. The number of carbonyl (C=O) groups excluding carboxylic acids is 2. The van der Waals surface area contributed by atoms with Gasteiger partial charge in [-0.15, -0.1) is 0 Å². The summed E-state index contributed by atoms with van der Waals surface area (Å²) in [6.07, 6.45) is 0.0187. The molecule has 4 rings (SSSR count). The van der Waals surface area contributed by atoms with E-state index in [0.717, 1.165) is 5.56 Å². The van der Waals surface area contributed by atoms with Crippen LogP contribution in [0, 0.1) is 0 Å². The molecule has 3 aromatic rings. The fourth-order valence-corrected chi connectivity index (χ4v) is 4.76. The molecule has 1 N–H and O–H groups in total. The molecule has 1 unspecified atom stereocenters. The molecule has 0 saturated carbocycles. The molecule has 0 aromatic heterocycles. The van der Waals surface area contributed by atoms with Crippen molar-refractivity contribution >= 4 is 29.1 Å². The quantitative estimate of drug-likeness (QED) is 0.205. The summed E-state index contributed by atoms with van der Waals surface area (Å²) in [5.41, 5.74) is 1.46. The van der Waals surface area contributed by atoms with Crippen LogP contribution >= 0.6 is 11.6 Å². The topological polar surface area (TPSA) is 94.5 Å². The summed E-state index contributed by atoms with van der Waals surface area (Å²) in [6.45, 7) is 3.99. The monoisotopic (exact) mass is 551 g/mol. The number of aliphatic hydroxyl groups is 1. The lowest BCUT2D eigenvalue weighted by atomic mass is 9.94. The molecule has 39 heavy (non-hydrogen) atoms. The van der Waals surface area contributed by atoms with Gasteiger partial charge in [-0.05, 0) is 55.3 Å². The molecule has 1 aliphatic heterocycles. The van der Waals surface area contributed by atoms with Crippen LogP contribution in [-0.4, -0.2) is 49.1 Å². The standard InChI is InChI=1S/C30H30ClNO7/c1-17(2)39-20-11-9-18(10-12-20)16-32-27(19-7-6-8-21(13-19)36-3)26(29(34)30(32)35)28(33)22-14-25(38-5)23(31)15-24(22)37-4/h6-15,17,27,33H,16H2,1-5H3/b28-26+. The van der Waals surface area contributed by atoms with E-state index in [9.17, 15) is 14.7 Å². The zero-order valence-electron chi connectivity index (χ0n) is 22.4. The summed E-state index contributed by atoms with van der Waals surface area (Å²) in [5.74, 6) is -0.244. The van der Waals surface area contributed by atoms with Gasteiger partial charge < -0.3 is 29.0 Å². The van der Waals surface area contributed by atoms with Crippen LogP contribution < -0.4 is 18.9 Å². The normalized spacial score (nSPS) is 16.5. The van der Waals surface area contributed by atoms with Crippen molar-refractivity contribution < 1.29 is 33.6 Å². The van der Waals surface area contributed by atoms with Gasteiger partial charge in [0.15, 0.2) is 0 Å². The second kappa shape index (κ2) is 11.7. The van der Waals surface area contributed by atoms with E-state index in [4.69, 9.17) is 30.5 Å². The maximum Gasteiger partial charge on any atom is 0.295 e. The van der Waals surface area contributed by atoms with Crippen molar-refractivity contribution in [3.8, 4) is 23.0 Å². The Labute approximate surface area is 232 Å². The average molecular weight is 552 g/mol. The molecular weight excluding hydrogens is 522 g/mol. The van der Waals surface area contributed by atoms with Gasteiger partial charge in [0, 0.05) is 12.6 Å². The molecule has 1 aliphatic rings. The van der Waals surface area contributed by atoms with E-state index >= 15 is 0 Å². The van der Waals surface area contributed by atoms with E-state index in [-0.39, 0.29) is 40.3 Å². The lowest BCUT2D eigenvalue weighted by Gasteiger charge is -2.26. The van der Waals surface area contributed by atoms with Crippen LogP contribution in [0.1, 0.15) is 36.6 Å². The van der Waals surface area contributed by atoms with Crippen molar-refractivity contribution in [2.75, 3.05) is 21.3 Å². The van der Waals surface area contributed by atoms with Gasteiger partial charge in [-0.1, -0.05) is 35.9 Å². The second-order valence-electron chi connectivity index (χ2n) is 9.20. The Hall–Kier alpha value is -4.17. The van der Waals surface area contributed by atoms with Gasteiger partial charge in [-0.3, -0.25) is 9.59 Å². The van der Waals surface area contributed by atoms with Crippen LogP contribution in [0.15, 0.2) is 66.2 Å². The molecule has 1 fully saturated rings. The minimum absolute atomic E-state index is 0.0187. The molecule has 0 aliphatic carbocycles. The van der Waals surface area contributed by atoms with Crippen LogP contribution in [0.25, 0.3) is 5.76 Å². The van der Waals surface area contributed by atoms with E-state index in [1.165, 1.54) is 38.4 Å². The minimum Gasteiger partial charge on any atom is -0.507 e. The number of hydrogen-bond donors (Lipinski definition) is 1. The summed E-state index contributed by atoms with van der Waals surface area (Å²) in [7, 11) is 4.38. The first-order chi connectivity index (χ1) is 18.7. The maximum absolute atomic E-state index is 13.5. The third-order valence-electron chi connectivity index (χ3n) is 6.33. The lowest BCUT2D eigenvalue weighted by Crippen LogP contribution is -2.29. The number of aliphatic hydroxyl groups excluding tert-OH is 1. The van der Waals surface area contributed by atoms with E-state index in [1.54, 1.807) is 24.3 Å². The molecule has 0 spiro atoms. The molecule has 204 valence electrons. The van der Waals surface area contributed by atoms with Gasteiger partial charge in [0.1, 0.15) is 28.8 Å². The number of ketones is 1. The van der Waals surface area contributed by atoms with E-state index in [2.05, 4.69) is 0 Å². The Kier molecular flexibility index (Phi) is 8.35. The van der Waals surface area contributed by atoms with Crippen molar-refractivity contribution in [3.05, 3.63) is 87.9 Å². The smallest absolute Gasteiger partial charge is 0.295 e. The number of amides is 1. The highest BCUT2D eigenvalue weighted by molar-refractivity contribution is 6.46. The Bertz CT molecular complexity index is 1420. The van der Waals surface area contributed by atoms with Gasteiger partial charge >= 0.3 is 0 Å². The third-order valence-corrected chi connectivity index (χ3v) is 6.62. The molecule has 1 heterocycles. The number of ether oxygens (including phenoxy) is 4. The fraction of sp³-hybridized carbons (Fsp3) is 0.267. The average Bonchev–Trinajstić information content (AvgIpc) is 3.18. The third kappa shape index (κ3) is 5.66. The number of hydrogen-bond acceptors (Lipinski definition) is 7. The van der Waals surface area contributed by atoms with Crippen LogP contribution in [0.2, 0.25) is 5.02 Å². The Morgan fingerprint density at radius 2 is 1.62 bits per heavy atom. The summed E-state index contributed by atoms with van der Waals surface area (Å²) in [6, 6.07) is 16.4. The number of rotatable bonds is 9. The first-order valence-corrected chi connectivity index (χ1v) is 12.7. The number of benzene rings is 3. The number of Topliss-reactive ketones (excluding diaryl/α,β-unsaturated/α-hetero) is 1. The predicted octanol–water partition coefficient (Wildman–Crippen LogP) is 5.77. The Morgan fingerprint density at radius 1 is 0.923 bits per heavy atom. The highest BCUT2D eigenvalue weighted by atomic mass is 35.5. The van der Waals surface area contributed by atoms with E-state index in [1.807, 2.05) is 38.1 Å². The molecule has 0 radical (unpaired) electrons. The van der Waals surface area contributed by atoms with Crippen molar-refractivity contribution in [1.29, 1.82) is 0 Å². The molecule has 9 heteroatoms. The fourth-order valence-electron chi connectivity index (χ4n) is 4.53. The summed E-state index contributed by atoms with van der Waals surface area (Å²) in [4.78, 5) is 28.4. The van der Waals surface area contributed by atoms with Gasteiger partial charge in [-0.2, -0.15) is 0 Å². The zero-order valence-corrected chi connectivity index (χ0v) is 23.1. The van der Waals surface area contributed by atoms with Crippen LogP contribution in [0.5, 0.6) is 23.0 Å². The zero-order chi connectivity index (χ0) is 28.3. The minimum atomic E-state index is -0.905. The maximum atomic E-state index is 13.5. The van der Waals surface area contributed by atoms with Crippen molar-refractivity contribution in [2.45, 2.75) is 32.5 Å². The summed E-state index contributed by atoms with van der Waals surface area (Å²) >= 11 is 6.25. The molecule has 1 saturated heterocycles. The molecule has 3 aromatic carbocycles. The Morgan fingerprint density at radius 3 is 2.23 bits per heavy atom. The first-order valence-electron chi connectivity index (χ1n) is 12.3. The van der Waals surface area contributed by atoms with E-state index < -0.39 is 23.5 Å². The molecule has 8 nitrogen and oxygen atoms in total. The molecule has 0 bridgehead atoms. The van der Waals surface area contributed by atoms with Crippen LogP contribution in [0.3, 0.4) is 0 Å². The number of carbonyl (C=O) groups is 2. The van der Waals surface area contributed by atoms with E-state index in [0.29, 0.717) is 17.1 Å². The largest absolute Gasteiger partial charge is 0.507 e. The number of halogens is 1. The Balaban J connectivity index is 1.86. The highest BCUT2D eigenvalue weighted by Crippen LogP contribution is 2.44. The number of nitrogens with zero attached hydrogens (tertiary/aromatic N) is 1. The molecular formula is C30H30ClNO7. The second-order valence-corrected chi connectivity index (χ2v) is 9.61. The molecule has 1 atom stereocenters.